The molecule has 0 amide bonds. The number of rotatable bonds is 29. The SMILES string of the molecule is CC/C=C/C=C/C=C/CCCCCCCC(=O)OC(COCCC(C(=O)O)[N+](C)(C)C)COC(=O)CCCCCCCCC. The zero-order valence-corrected chi connectivity index (χ0v) is 28.6. The highest BCUT2D eigenvalue weighted by Gasteiger charge is 2.31. The first kappa shape index (κ1) is 41.5. The van der Waals surface area contributed by atoms with Gasteiger partial charge >= 0.3 is 17.9 Å². The maximum atomic E-state index is 12.6. The predicted octanol–water partition coefficient (Wildman–Crippen LogP) is 7.96. The predicted molar refractivity (Wildman–Crippen MR) is 178 cm³/mol. The Morgan fingerprint density at radius 2 is 1.27 bits per heavy atom. The number of hydrogen-bond acceptors (Lipinski definition) is 6. The first-order valence-electron chi connectivity index (χ1n) is 17.1. The standard InChI is InChI=1S/C36H63NO7/c1-6-8-10-12-14-15-16-17-18-19-21-23-25-27-35(39)44-32(30-42-29-28-33(36(40)41)37(3,4)5)31-43-34(38)26-24-22-20-13-11-9-7-2/h8,10,12,14-16,32-33H,6-7,9,11,13,17-31H2,1-5H3/p+1/b10-8+,14-12+,16-15+. The van der Waals surface area contributed by atoms with E-state index in [1.165, 1.54) is 25.7 Å². The molecule has 0 aromatic carbocycles. The molecule has 0 heterocycles. The highest BCUT2D eigenvalue weighted by molar-refractivity contribution is 5.72. The second-order valence-electron chi connectivity index (χ2n) is 12.5. The molecular weight excluding hydrogens is 558 g/mol. The van der Waals surface area contributed by atoms with E-state index in [-0.39, 0.29) is 36.2 Å². The Balaban J connectivity index is 4.50. The van der Waals surface area contributed by atoms with Gasteiger partial charge in [-0.2, -0.15) is 0 Å². The maximum absolute atomic E-state index is 12.6. The van der Waals surface area contributed by atoms with Crippen molar-refractivity contribution in [3.63, 3.8) is 0 Å². The fourth-order valence-corrected chi connectivity index (χ4v) is 4.68. The molecule has 0 aromatic heterocycles. The van der Waals surface area contributed by atoms with E-state index in [0.29, 0.717) is 19.3 Å². The number of ether oxygens (including phenoxy) is 3. The molecular formula is C36H64NO7+. The summed E-state index contributed by atoms with van der Waals surface area (Å²) in [5.74, 6) is -1.51. The Bertz CT molecular complexity index is 829. The van der Waals surface area contributed by atoms with Crippen LogP contribution < -0.4 is 0 Å². The average Bonchev–Trinajstić information content (AvgIpc) is 2.96. The second-order valence-corrected chi connectivity index (χ2v) is 12.5. The van der Waals surface area contributed by atoms with Gasteiger partial charge < -0.3 is 23.8 Å². The normalized spacial score (nSPS) is 13.6. The largest absolute Gasteiger partial charge is 0.477 e. The molecule has 254 valence electrons. The highest BCUT2D eigenvalue weighted by atomic mass is 16.6. The van der Waals surface area contributed by atoms with E-state index in [9.17, 15) is 19.5 Å². The van der Waals surface area contributed by atoms with E-state index in [1.807, 2.05) is 33.3 Å². The summed E-state index contributed by atoms with van der Waals surface area (Å²) in [5, 5.41) is 9.54. The van der Waals surface area contributed by atoms with Gasteiger partial charge in [0.05, 0.1) is 34.4 Å². The maximum Gasteiger partial charge on any atom is 0.362 e. The van der Waals surface area contributed by atoms with Crippen molar-refractivity contribution in [3.05, 3.63) is 36.5 Å². The van der Waals surface area contributed by atoms with E-state index in [2.05, 4.69) is 38.2 Å². The molecule has 0 bridgehead atoms. The molecule has 0 saturated carbocycles. The van der Waals surface area contributed by atoms with Gasteiger partial charge in [-0.05, 0) is 32.1 Å². The molecule has 8 heteroatoms. The van der Waals surface area contributed by atoms with Crippen LogP contribution in [-0.4, -0.2) is 80.6 Å². The van der Waals surface area contributed by atoms with E-state index < -0.39 is 18.1 Å². The topological polar surface area (TPSA) is 99.1 Å². The van der Waals surface area contributed by atoms with Crippen molar-refractivity contribution < 1.29 is 38.2 Å². The number of carbonyl (C=O) groups is 3. The molecule has 0 saturated heterocycles. The zero-order chi connectivity index (χ0) is 32.9. The molecule has 0 radical (unpaired) electrons. The molecule has 0 spiro atoms. The summed E-state index contributed by atoms with van der Waals surface area (Å²) in [7, 11) is 5.49. The molecule has 0 aromatic rings. The zero-order valence-electron chi connectivity index (χ0n) is 28.6. The molecule has 1 N–H and O–H groups in total. The van der Waals surface area contributed by atoms with Gasteiger partial charge in [0.15, 0.2) is 12.1 Å². The summed E-state index contributed by atoms with van der Waals surface area (Å²) in [6.07, 6.45) is 27.7. The van der Waals surface area contributed by atoms with Crippen molar-refractivity contribution >= 4 is 17.9 Å². The first-order chi connectivity index (χ1) is 21.1. The van der Waals surface area contributed by atoms with Crippen LogP contribution >= 0.6 is 0 Å². The van der Waals surface area contributed by atoms with Crippen molar-refractivity contribution in [2.75, 3.05) is 41.0 Å². The Hall–Kier alpha value is -2.45. The minimum absolute atomic E-state index is 0.0531. The lowest BCUT2D eigenvalue weighted by Crippen LogP contribution is -2.50. The molecule has 0 rings (SSSR count). The Kier molecular flexibility index (Phi) is 26.5. The Labute approximate surface area is 268 Å². The number of carboxylic acids is 1. The quantitative estimate of drug-likeness (QED) is 0.0391. The third-order valence-corrected chi connectivity index (χ3v) is 7.37. The summed E-state index contributed by atoms with van der Waals surface area (Å²) >= 11 is 0. The number of unbranched alkanes of at least 4 members (excludes halogenated alkanes) is 11. The van der Waals surface area contributed by atoms with Crippen LogP contribution in [0.4, 0.5) is 0 Å². The van der Waals surface area contributed by atoms with E-state index >= 15 is 0 Å². The molecule has 44 heavy (non-hydrogen) atoms. The average molecular weight is 623 g/mol. The summed E-state index contributed by atoms with van der Waals surface area (Å²) < 4.78 is 17.1. The molecule has 0 fully saturated rings. The van der Waals surface area contributed by atoms with Gasteiger partial charge in [-0.3, -0.25) is 9.59 Å². The number of likely N-dealkylation sites (N-methyl/N-ethyl adjacent to an activating group) is 1. The number of nitrogens with zero attached hydrogens (tertiary/aromatic N) is 1. The Morgan fingerprint density at radius 3 is 1.86 bits per heavy atom. The first-order valence-corrected chi connectivity index (χ1v) is 17.1. The second kappa shape index (κ2) is 28.1. The molecule has 0 aliphatic rings. The van der Waals surface area contributed by atoms with Crippen molar-refractivity contribution in [3.8, 4) is 0 Å². The lowest BCUT2D eigenvalue weighted by Gasteiger charge is -2.31. The van der Waals surface area contributed by atoms with Crippen LogP contribution in [0, 0.1) is 0 Å². The minimum Gasteiger partial charge on any atom is -0.477 e. The van der Waals surface area contributed by atoms with Gasteiger partial charge in [-0.15, -0.1) is 0 Å². The van der Waals surface area contributed by atoms with Crippen molar-refractivity contribution in [2.24, 2.45) is 0 Å². The monoisotopic (exact) mass is 622 g/mol. The van der Waals surface area contributed by atoms with Crippen LogP contribution in [0.5, 0.6) is 0 Å². The number of hydrogen-bond donors (Lipinski definition) is 1. The number of esters is 2. The molecule has 2 unspecified atom stereocenters. The third-order valence-electron chi connectivity index (χ3n) is 7.37. The number of aliphatic carboxylic acids is 1. The molecule has 2 atom stereocenters. The van der Waals surface area contributed by atoms with Crippen molar-refractivity contribution in [1.29, 1.82) is 0 Å². The van der Waals surface area contributed by atoms with Crippen molar-refractivity contribution in [1.82, 2.24) is 0 Å². The number of carboxylic acid groups (broad SMARTS) is 1. The fraction of sp³-hybridized carbons (Fsp3) is 0.750. The molecule has 0 aliphatic heterocycles. The van der Waals surface area contributed by atoms with Gasteiger partial charge in [0.1, 0.15) is 6.61 Å². The van der Waals surface area contributed by atoms with E-state index in [1.54, 1.807) is 0 Å². The number of quaternary nitrogens is 1. The Morgan fingerprint density at radius 1 is 0.705 bits per heavy atom. The van der Waals surface area contributed by atoms with Crippen molar-refractivity contribution in [2.45, 2.75) is 135 Å². The van der Waals surface area contributed by atoms with Crippen LogP contribution in [0.2, 0.25) is 0 Å². The molecule has 8 nitrogen and oxygen atoms in total. The molecule has 0 aliphatic carbocycles. The van der Waals surface area contributed by atoms with Crippen LogP contribution in [0.15, 0.2) is 36.5 Å². The lowest BCUT2D eigenvalue weighted by atomic mass is 10.1. The number of carbonyl (C=O) groups excluding carboxylic acids is 2. The summed E-state index contributed by atoms with van der Waals surface area (Å²) in [4.78, 5) is 36.5. The van der Waals surface area contributed by atoms with Gasteiger partial charge in [0, 0.05) is 19.3 Å². The van der Waals surface area contributed by atoms with Crippen LogP contribution in [0.1, 0.15) is 123 Å². The lowest BCUT2D eigenvalue weighted by molar-refractivity contribution is -0.887. The van der Waals surface area contributed by atoms with E-state index in [4.69, 9.17) is 14.2 Å². The summed E-state index contributed by atoms with van der Waals surface area (Å²) in [5.41, 5.74) is 0. The fourth-order valence-electron chi connectivity index (χ4n) is 4.68. The minimum atomic E-state index is -0.882. The van der Waals surface area contributed by atoms with E-state index in [0.717, 1.165) is 64.2 Å². The smallest absolute Gasteiger partial charge is 0.362 e. The third kappa shape index (κ3) is 26.0. The highest BCUT2D eigenvalue weighted by Crippen LogP contribution is 2.12. The van der Waals surface area contributed by atoms with Crippen LogP contribution in [0.25, 0.3) is 0 Å². The summed E-state index contributed by atoms with van der Waals surface area (Å²) in [6, 6.07) is -0.614. The summed E-state index contributed by atoms with van der Waals surface area (Å²) in [6.45, 7) is 4.50. The van der Waals surface area contributed by atoms with Gasteiger partial charge in [-0.25, -0.2) is 4.79 Å². The van der Waals surface area contributed by atoms with Gasteiger partial charge in [-0.1, -0.05) is 108 Å². The van der Waals surface area contributed by atoms with Crippen LogP contribution in [-0.2, 0) is 28.6 Å². The van der Waals surface area contributed by atoms with Gasteiger partial charge in [0.2, 0.25) is 0 Å². The number of allylic oxidation sites excluding steroid dienone is 6. The van der Waals surface area contributed by atoms with Gasteiger partial charge in [0.25, 0.3) is 0 Å². The van der Waals surface area contributed by atoms with Crippen LogP contribution in [0.3, 0.4) is 0 Å².